The minimum absolute atomic E-state index is 0.552. The first-order chi connectivity index (χ1) is 11.8. The zero-order valence-corrected chi connectivity index (χ0v) is 14.7. The second-order valence-electron chi connectivity index (χ2n) is 6.55. The van der Waals surface area contributed by atoms with Crippen molar-refractivity contribution < 1.29 is 9.47 Å². The molecule has 1 heterocycles. The van der Waals surface area contributed by atoms with E-state index in [1.165, 1.54) is 30.5 Å². The van der Waals surface area contributed by atoms with Crippen LogP contribution in [-0.2, 0) is 12.8 Å². The summed E-state index contributed by atoms with van der Waals surface area (Å²) in [5, 5.41) is 0. The third kappa shape index (κ3) is 4.30. The van der Waals surface area contributed by atoms with Gasteiger partial charge in [0.2, 0.25) is 0 Å². The van der Waals surface area contributed by atoms with Gasteiger partial charge in [-0.05, 0) is 68.6 Å². The van der Waals surface area contributed by atoms with Crippen molar-refractivity contribution in [3.8, 4) is 11.5 Å². The van der Waals surface area contributed by atoms with Crippen LogP contribution in [0.25, 0.3) is 0 Å². The van der Waals surface area contributed by atoms with Crippen molar-refractivity contribution in [3.05, 3.63) is 59.7 Å². The van der Waals surface area contributed by atoms with Crippen molar-refractivity contribution >= 4 is 0 Å². The van der Waals surface area contributed by atoms with E-state index in [1.807, 2.05) is 12.1 Å². The Bertz CT molecular complexity index is 656. The summed E-state index contributed by atoms with van der Waals surface area (Å²) < 4.78 is 11.5. The van der Waals surface area contributed by atoms with Crippen molar-refractivity contribution in [2.45, 2.75) is 31.7 Å². The Balaban J connectivity index is 1.61. The number of likely N-dealkylation sites (tertiary alicyclic amines) is 1. The van der Waals surface area contributed by atoms with Crippen molar-refractivity contribution in [3.63, 3.8) is 0 Å². The zero-order valence-electron chi connectivity index (χ0n) is 14.7. The molecule has 0 spiro atoms. The van der Waals surface area contributed by atoms with Gasteiger partial charge in [-0.3, -0.25) is 0 Å². The number of hydrogen-bond acceptors (Lipinski definition) is 3. The minimum Gasteiger partial charge on any atom is -0.497 e. The van der Waals surface area contributed by atoms with Gasteiger partial charge >= 0.3 is 0 Å². The molecule has 24 heavy (non-hydrogen) atoms. The molecule has 2 aromatic rings. The Morgan fingerprint density at radius 2 is 1.96 bits per heavy atom. The average molecular weight is 325 g/mol. The van der Waals surface area contributed by atoms with E-state index in [9.17, 15) is 0 Å². The van der Waals surface area contributed by atoms with E-state index in [1.54, 1.807) is 7.11 Å². The maximum absolute atomic E-state index is 6.16. The molecule has 0 bridgehead atoms. The molecule has 1 aliphatic rings. The molecule has 1 atom stereocenters. The molecule has 1 saturated heterocycles. The van der Waals surface area contributed by atoms with Gasteiger partial charge in [-0.1, -0.05) is 30.3 Å². The lowest BCUT2D eigenvalue weighted by atomic mass is 10.0. The molecule has 0 aromatic heterocycles. The number of ether oxygens (including phenoxy) is 2. The Labute approximate surface area is 145 Å². The molecule has 0 amide bonds. The number of benzene rings is 2. The lowest BCUT2D eigenvalue weighted by Gasteiger charge is -2.20. The summed E-state index contributed by atoms with van der Waals surface area (Å²) in [7, 11) is 3.90. The van der Waals surface area contributed by atoms with Crippen LogP contribution in [0.2, 0.25) is 0 Å². The van der Waals surface area contributed by atoms with Crippen LogP contribution in [0.4, 0.5) is 0 Å². The van der Waals surface area contributed by atoms with E-state index in [2.05, 4.69) is 48.3 Å². The minimum atomic E-state index is 0.552. The van der Waals surface area contributed by atoms with E-state index >= 15 is 0 Å². The summed E-state index contributed by atoms with van der Waals surface area (Å²) in [5.74, 6) is 1.95. The third-order valence-corrected chi connectivity index (χ3v) is 4.89. The first-order valence-corrected chi connectivity index (χ1v) is 8.80. The molecule has 0 saturated carbocycles. The SMILES string of the molecule is COc1cccc(CCc2ccccc2OC[C@@H]2CCCN2C)c1. The van der Waals surface area contributed by atoms with Crippen molar-refractivity contribution in [2.24, 2.45) is 0 Å². The van der Waals surface area contributed by atoms with Crippen LogP contribution in [0.5, 0.6) is 11.5 Å². The fraction of sp³-hybridized carbons (Fsp3) is 0.429. The highest BCUT2D eigenvalue weighted by Gasteiger charge is 2.21. The molecule has 128 valence electrons. The van der Waals surface area contributed by atoms with Crippen LogP contribution in [0.15, 0.2) is 48.5 Å². The van der Waals surface area contributed by atoms with Gasteiger partial charge in [-0.15, -0.1) is 0 Å². The predicted octanol–water partition coefficient (Wildman–Crippen LogP) is 3.95. The number of aryl methyl sites for hydroxylation is 2. The van der Waals surface area contributed by atoms with Crippen LogP contribution < -0.4 is 9.47 Å². The monoisotopic (exact) mass is 325 g/mol. The molecule has 0 unspecified atom stereocenters. The maximum Gasteiger partial charge on any atom is 0.122 e. The Morgan fingerprint density at radius 1 is 1.08 bits per heavy atom. The molecular formula is C21H27NO2. The first-order valence-electron chi connectivity index (χ1n) is 8.80. The highest BCUT2D eigenvalue weighted by molar-refractivity contribution is 5.35. The quantitative estimate of drug-likeness (QED) is 0.769. The molecule has 1 fully saturated rings. The number of nitrogens with zero attached hydrogens (tertiary/aromatic N) is 1. The zero-order chi connectivity index (χ0) is 16.8. The summed E-state index contributed by atoms with van der Waals surface area (Å²) >= 11 is 0. The molecule has 1 aliphatic heterocycles. The second kappa shape index (κ2) is 8.20. The van der Waals surface area contributed by atoms with Gasteiger partial charge in [-0.2, -0.15) is 0 Å². The highest BCUT2D eigenvalue weighted by Crippen LogP contribution is 2.23. The number of hydrogen-bond donors (Lipinski definition) is 0. The van der Waals surface area contributed by atoms with Gasteiger partial charge in [0.25, 0.3) is 0 Å². The van der Waals surface area contributed by atoms with Gasteiger partial charge in [0, 0.05) is 6.04 Å². The second-order valence-corrected chi connectivity index (χ2v) is 6.55. The standard InChI is InChI=1S/C21H27NO2/c1-22-14-6-9-19(22)16-24-21-11-4-3-8-18(21)13-12-17-7-5-10-20(15-17)23-2/h3-5,7-8,10-11,15,19H,6,9,12-14,16H2,1-2H3/t19-/m0/s1. The molecule has 0 aliphatic carbocycles. The summed E-state index contributed by atoms with van der Waals surface area (Å²) in [6.07, 6.45) is 4.48. The summed E-state index contributed by atoms with van der Waals surface area (Å²) in [5.41, 5.74) is 2.57. The van der Waals surface area contributed by atoms with Crippen LogP contribution in [0.1, 0.15) is 24.0 Å². The number of para-hydroxylation sites is 1. The summed E-state index contributed by atoms with van der Waals surface area (Å²) in [6, 6.07) is 17.3. The van der Waals surface area contributed by atoms with Gasteiger partial charge in [0.15, 0.2) is 0 Å². The van der Waals surface area contributed by atoms with Gasteiger partial charge in [0.1, 0.15) is 18.1 Å². The van der Waals surface area contributed by atoms with Gasteiger partial charge in [0.05, 0.1) is 7.11 Å². The average Bonchev–Trinajstić information content (AvgIpc) is 3.04. The lowest BCUT2D eigenvalue weighted by molar-refractivity contribution is 0.197. The van der Waals surface area contributed by atoms with Crippen molar-refractivity contribution in [1.29, 1.82) is 0 Å². The van der Waals surface area contributed by atoms with Crippen LogP contribution in [0, 0.1) is 0 Å². The third-order valence-electron chi connectivity index (χ3n) is 4.89. The fourth-order valence-corrected chi connectivity index (χ4v) is 3.33. The molecule has 2 aromatic carbocycles. The van der Waals surface area contributed by atoms with E-state index in [0.29, 0.717) is 6.04 Å². The van der Waals surface area contributed by atoms with Gasteiger partial charge < -0.3 is 14.4 Å². The van der Waals surface area contributed by atoms with E-state index in [0.717, 1.165) is 30.9 Å². The number of rotatable bonds is 7. The first kappa shape index (κ1) is 16.8. The highest BCUT2D eigenvalue weighted by atomic mass is 16.5. The van der Waals surface area contributed by atoms with Crippen molar-refractivity contribution in [1.82, 2.24) is 4.90 Å². The molecule has 3 rings (SSSR count). The number of methoxy groups -OCH3 is 1. The largest absolute Gasteiger partial charge is 0.497 e. The van der Waals surface area contributed by atoms with E-state index in [-0.39, 0.29) is 0 Å². The molecule has 3 nitrogen and oxygen atoms in total. The Morgan fingerprint density at radius 3 is 2.75 bits per heavy atom. The maximum atomic E-state index is 6.16. The normalized spacial score (nSPS) is 17.8. The predicted molar refractivity (Wildman–Crippen MR) is 98.0 cm³/mol. The van der Waals surface area contributed by atoms with Crippen molar-refractivity contribution in [2.75, 3.05) is 27.3 Å². The lowest BCUT2D eigenvalue weighted by Crippen LogP contribution is -2.30. The summed E-state index contributed by atoms with van der Waals surface area (Å²) in [4.78, 5) is 2.40. The molecule has 3 heteroatoms. The number of likely N-dealkylation sites (N-methyl/N-ethyl adjacent to an activating group) is 1. The van der Waals surface area contributed by atoms with Crippen LogP contribution >= 0.6 is 0 Å². The van der Waals surface area contributed by atoms with Crippen LogP contribution in [-0.4, -0.2) is 38.3 Å². The van der Waals surface area contributed by atoms with Gasteiger partial charge in [-0.25, -0.2) is 0 Å². The Hall–Kier alpha value is -2.00. The Kier molecular flexibility index (Phi) is 5.76. The smallest absolute Gasteiger partial charge is 0.122 e. The van der Waals surface area contributed by atoms with E-state index in [4.69, 9.17) is 9.47 Å². The molecule has 0 N–H and O–H groups in total. The topological polar surface area (TPSA) is 21.7 Å². The summed E-state index contributed by atoms with van der Waals surface area (Å²) in [6.45, 7) is 1.97. The molecule has 0 radical (unpaired) electrons. The fourth-order valence-electron chi connectivity index (χ4n) is 3.33. The molecular weight excluding hydrogens is 298 g/mol. The van der Waals surface area contributed by atoms with Crippen LogP contribution in [0.3, 0.4) is 0 Å². The van der Waals surface area contributed by atoms with E-state index < -0.39 is 0 Å².